The Morgan fingerprint density at radius 2 is 2.07 bits per heavy atom. The Labute approximate surface area is 170 Å². The Morgan fingerprint density at radius 3 is 2.81 bits per heavy atom. The quantitative estimate of drug-likeness (QED) is 0.484. The third-order valence-electron chi connectivity index (χ3n) is 4.81. The summed E-state index contributed by atoms with van der Waals surface area (Å²) in [4.78, 5) is 9.33. The van der Waals surface area contributed by atoms with Crippen LogP contribution in [0.4, 0.5) is 16.2 Å². The van der Waals surface area contributed by atoms with Crippen LogP contribution in [0.3, 0.4) is 0 Å². The van der Waals surface area contributed by atoms with Crippen LogP contribution < -0.4 is 10.6 Å². The van der Waals surface area contributed by atoms with Crippen LogP contribution in [0.1, 0.15) is 25.3 Å². The van der Waals surface area contributed by atoms with Crippen molar-refractivity contribution in [2.75, 3.05) is 10.6 Å². The van der Waals surface area contributed by atoms with Crippen LogP contribution in [0.2, 0.25) is 5.02 Å². The van der Waals surface area contributed by atoms with E-state index in [0.717, 1.165) is 26.8 Å². The summed E-state index contributed by atoms with van der Waals surface area (Å²) in [7, 11) is 0. The first kappa shape index (κ1) is 18.4. The van der Waals surface area contributed by atoms with Gasteiger partial charge in [-0.15, -0.1) is 0 Å². The van der Waals surface area contributed by atoms with Crippen molar-refractivity contribution < 1.29 is 4.39 Å². The lowest BCUT2D eigenvalue weighted by atomic mass is 10.2. The molecule has 7 heteroatoms. The molecule has 140 valence electrons. The Balaban J connectivity index is 1.63. The summed E-state index contributed by atoms with van der Waals surface area (Å²) < 4.78 is 14.2. The van der Waals surface area contributed by atoms with Crippen molar-refractivity contribution >= 4 is 50.2 Å². The molecule has 1 saturated carbocycles. The molecule has 1 unspecified atom stereocenters. The normalized spacial score (nSPS) is 15.0. The van der Waals surface area contributed by atoms with Crippen LogP contribution in [0.5, 0.6) is 0 Å². The summed E-state index contributed by atoms with van der Waals surface area (Å²) >= 11 is 9.44. The lowest BCUT2D eigenvalue weighted by molar-refractivity contribution is 0.627. The number of nitrogens with zero attached hydrogens (tertiary/aromatic N) is 2. The van der Waals surface area contributed by atoms with E-state index >= 15 is 0 Å². The van der Waals surface area contributed by atoms with Gasteiger partial charge in [-0.3, -0.25) is 0 Å². The number of nitrogens with one attached hydrogen (secondary N) is 2. The van der Waals surface area contributed by atoms with E-state index in [-0.39, 0.29) is 5.02 Å². The lowest BCUT2D eigenvalue weighted by Gasteiger charge is -2.17. The molecule has 1 aromatic heterocycles. The molecular weight excluding hydrogens is 431 g/mol. The maximum absolute atomic E-state index is 13.3. The van der Waals surface area contributed by atoms with Crippen LogP contribution in [0.25, 0.3) is 10.9 Å². The third kappa shape index (κ3) is 4.17. The molecule has 0 radical (unpaired) electrons. The molecule has 1 atom stereocenters. The van der Waals surface area contributed by atoms with Crippen LogP contribution in [0.15, 0.2) is 40.9 Å². The number of hydrogen-bond donors (Lipinski definition) is 2. The van der Waals surface area contributed by atoms with Gasteiger partial charge in [-0.05, 0) is 71.4 Å². The van der Waals surface area contributed by atoms with Crippen molar-refractivity contribution in [3.63, 3.8) is 0 Å². The van der Waals surface area contributed by atoms with Crippen molar-refractivity contribution in [3.8, 4) is 0 Å². The molecule has 0 amide bonds. The number of aromatic nitrogens is 2. The highest BCUT2D eigenvalue weighted by atomic mass is 79.9. The number of para-hydroxylation sites is 1. The van der Waals surface area contributed by atoms with Gasteiger partial charge in [-0.25, -0.2) is 9.37 Å². The molecule has 0 saturated heterocycles. The molecule has 2 aromatic carbocycles. The van der Waals surface area contributed by atoms with Crippen LogP contribution in [-0.4, -0.2) is 16.0 Å². The van der Waals surface area contributed by atoms with Crippen LogP contribution in [-0.2, 0) is 6.54 Å². The van der Waals surface area contributed by atoms with E-state index in [2.05, 4.69) is 43.5 Å². The Kier molecular flexibility index (Phi) is 5.19. The van der Waals surface area contributed by atoms with Crippen LogP contribution >= 0.6 is 27.5 Å². The first-order valence-electron chi connectivity index (χ1n) is 8.92. The van der Waals surface area contributed by atoms with Gasteiger partial charge in [0.2, 0.25) is 5.95 Å². The first-order valence-corrected chi connectivity index (χ1v) is 10.1. The van der Waals surface area contributed by atoms with Gasteiger partial charge >= 0.3 is 0 Å². The third-order valence-corrected chi connectivity index (χ3v) is 5.74. The first-order chi connectivity index (χ1) is 13.0. The maximum atomic E-state index is 13.3. The highest BCUT2D eigenvalue weighted by Gasteiger charge is 2.28. The summed E-state index contributed by atoms with van der Waals surface area (Å²) in [6, 6.07) is 11.0. The molecule has 0 aliphatic heterocycles. The molecule has 27 heavy (non-hydrogen) atoms. The summed E-state index contributed by atoms with van der Waals surface area (Å²) in [6.07, 6.45) is 2.52. The Hall–Kier alpha value is -1.92. The summed E-state index contributed by atoms with van der Waals surface area (Å²) in [6.45, 7) is 2.64. The number of anilines is 2. The number of rotatable bonds is 6. The standard InChI is InChI=1S/C20H19BrClFN4/c1-11(13-6-7-13)25-19-14-3-2-4-15(21)18(14)26-20(27-19)24-10-12-5-8-17(23)16(22)9-12/h2-5,8-9,11,13H,6-7,10H2,1H3,(H2,24,25,26,27). The summed E-state index contributed by atoms with van der Waals surface area (Å²) in [5, 5.41) is 7.86. The van der Waals surface area contributed by atoms with Crippen molar-refractivity contribution in [1.82, 2.24) is 9.97 Å². The number of fused-ring (bicyclic) bond motifs is 1. The average Bonchev–Trinajstić information content (AvgIpc) is 3.49. The molecule has 4 nitrogen and oxygen atoms in total. The summed E-state index contributed by atoms with van der Waals surface area (Å²) in [5.41, 5.74) is 1.70. The SMILES string of the molecule is CC(Nc1nc(NCc2ccc(F)c(Cl)c2)nc2c(Br)cccc12)C1CC1. The fraction of sp³-hybridized carbons (Fsp3) is 0.300. The molecular formula is C20H19BrClFN4. The molecule has 0 spiro atoms. The van der Waals surface area contributed by atoms with Crippen molar-refractivity contribution in [2.45, 2.75) is 32.4 Å². The molecule has 1 aliphatic carbocycles. The molecule has 2 N–H and O–H groups in total. The van der Waals surface area contributed by atoms with E-state index < -0.39 is 5.82 Å². The highest BCUT2D eigenvalue weighted by molar-refractivity contribution is 9.10. The minimum absolute atomic E-state index is 0.108. The molecule has 4 rings (SSSR count). The number of benzene rings is 2. The molecule has 0 bridgehead atoms. The predicted octanol–water partition coefficient (Wildman–Crippen LogP) is 6.01. The zero-order valence-corrected chi connectivity index (χ0v) is 17.1. The van der Waals surface area contributed by atoms with Gasteiger partial charge in [-0.1, -0.05) is 23.7 Å². The smallest absolute Gasteiger partial charge is 0.225 e. The van der Waals surface area contributed by atoms with E-state index in [4.69, 9.17) is 11.6 Å². The van der Waals surface area contributed by atoms with Gasteiger partial charge in [0.15, 0.2) is 0 Å². The average molecular weight is 450 g/mol. The van der Waals surface area contributed by atoms with Crippen molar-refractivity contribution in [1.29, 1.82) is 0 Å². The maximum Gasteiger partial charge on any atom is 0.225 e. The van der Waals surface area contributed by atoms with Gasteiger partial charge in [0, 0.05) is 22.4 Å². The molecule has 1 heterocycles. The molecule has 1 fully saturated rings. The monoisotopic (exact) mass is 448 g/mol. The van der Waals surface area contributed by atoms with E-state index in [1.807, 2.05) is 18.2 Å². The van der Waals surface area contributed by atoms with Gasteiger partial charge < -0.3 is 10.6 Å². The minimum atomic E-state index is -0.424. The van der Waals surface area contributed by atoms with E-state index in [1.165, 1.54) is 18.9 Å². The van der Waals surface area contributed by atoms with Gasteiger partial charge in [-0.2, -0.15) is 4.98 Å². The van der Waals surface area contributed by atoms with E-state index in [1.54, 1.807) is 12.1 Å². The van der Waals surface area contributed by atoms with E-state index in [0.29, 0.717) is 24.5 Å². The molecule has 1 aliphatic rings. The fourth-order valence-electron chi connectivity index (χ4n) is 3.07. The highest BCUT2D eigenvalue weighted by Crippen LogP contribution is 2.35. The summed E-state index contributed by atoms with van der Waals surface area (Å²) in [5.74, 6) is 1.62. The second-order valence-electron chi connectivity index (χ2n) is 6.90. The Bertz CT molecular complexity index is 993. The fourth-order valence-corrected chi connectivity index (χ4v) is 3.72. The minimum Gasteiger partial charge on any atom is -0.367 e. The zero-order chi connectivity index (χ0) is 19.0. The lowest BCUT2D eigenvalue weighted by Crippen LogP contribution is -2.19. The van der Waals surface area contributed by atoms with Crippen molar-refractivity contribution in [2.24, 2.45) is 5.92 Å². The second kappa shape index (κ2) is 7.60. The molecule has 3 aromatic rings. The van der Waals surface area contributed by atoms with Gasteiger partial charge in [0.1, 0.15) is 11.6 Å². The largest absolute Gasteiger partial charge is 0.367 e. The number of halogens is 3. The van der Waals surface area contributed by atoms with Gasteiger partial charge in [0.25, 0.3) is 0 Å². The second-order valence-corrected chi connectivity index (χ2v) is 8.17. The zero-order valence-electron chi connectivity index (χ0n) is 14.8. The number of hydrogen-bond acceptors (Lipinski definition) is 4. The van der Waals surface area contributed by atoms with Crippen molar-refractivity contribution in [3.05, 3.63) is 57.3 Å². The van der Waals surface area contributed by atoms with Gasteiger partial charge in [0.05, 0.1) is 10.5 Å². The topological polar surface area (TPSA) is 49.8 Å². The Morgan fingerprint density at radius 1 is 1.26 bits per heavy atom. The van der Waals surface area contributed by atoms with E-state index in [9.17, 15) is 4.39 Å². The predicted molar refractivity (Wildman–Crippen MR) is 112 cm³/mol. The van der Waals surface area contributed by atoms with Crippen LogP contribution in [0, 0.1) is 11.7 Å².